The van der Waals surface area contributed by atoms with Crippen molar-refractivity contribution in [3.8, 4) is 0 Å². The van der Waals surface area contributed by atoms with Crippen LogP contribution in [0.1, 0.15) is 18.9 Å². The van der Waals surface area contributed by atoms with E-state index in [9.17, 15) is 0 Å². The van der Waals surface area contributed by atoms with E-state index in [0.717, 1.165) is 13.1 Å². The van der Waals surface area contributed by atoms with Crippen molar-refractivity contribution in [2.24, 2.45) is 0 Å². The van der Waals surface area contributed by atoms with Gasteiger partial charge in [-0.2, -0.15) is 4.57 Å². The Morgan fingerprint density at radius 2 is 1.46 bits per heavy atom. The topological polar surface area (TPSA) is 7.12 Å². The van der Waals surface area contributed by atoms with Crippen LogP contribution in [0.25, 0.3) is 37.8 Å². The van der Waals surface area contributed by atoms with Crippen LogP contribution < -0.4 is 9.47 Å². The second-order valence-electron chi connectivity index (χ2n) is 8.93. The van der Waals surface area contributed by atoms with E-state index in [1.54, 1.807) is 0 Å². The van der Waals surface area contributed by atoms with Gasteiger partial charge in [0.1, 0.15) is 11.2 Å². The zero-order valence-corrected chi connectivity index (χ0v) is 22.7. The number of allylic oxidation sites excluding steroid dienone is 6. The van der Waals surface area contributed by atoms with Gasteiger partial charge < -0.3 is 4.90 Å². The Morgan fingerprint density at radius 1 is 0.757 bits per heavy atom. The second kappa shape index (κ2) is 10.4. The molecule has 0 aliphatic carbocycles. The van der Waals surface area contributed by atoms with Gasteiger partial charge in [-0.05, 0) is 48.9 Å². The quantitative estimate of drug-likeness (QED) is 0.164. The number of anilines is 1. The van der Waals surface area contributed by atoms with Gasteiger partial charge in [0.05, 0.1) is 16.1 Å². The van der Waals surface area contributed by atoms with Crippen LogP contribution in [0.4, 0.5) is 5.69 Å². The number of benzene rings is 4. The Labute approximate surface area is 226 Å². The summed E-state index contributed by atoms with van der Waals surface area (Å²) >= 11 is 3.70. The van der Waals surface area contributed by atoms with Gasteiger partial charge in [0.15, 0.2) is 0 Å². The van der Waals surface area contributed by atoms with E-state index in [2.05, 4.69) is 139 Å². The third kappa shape index (κ3) is 4.41. The molecule has 0 fully saturated rings. The number of nitrogens with zero attached hydrogens (tertiary/aromatic N) is 2. The summed E-state index contributed by atoms with van der Waals surface area (Å²) < 4.78 is 3.75. The van der Waals surface area contributed by atoms with Crippen molar-refractivity contribution in [1.82, 2.24) is 0 Å². The van der Waals surface area contributed by atoms with E-state index in [1.165, 1.54) is 52.4 Å². The maximum absolute atomic E-state index is 2.42. The summed E-state index contributed by atoms with van der Waals surface area (Å²) in [5.41, 5.74) is 2.67. The Bertz CT molecular complexity index is 1740. The van der Waals surface area contributed by atoms with Gasteiger partial charge in [0, 0.05) is 22.9 Å². The van der Waals surface area contributed by atoms with Crippen molar-refractivity contribution < 1.29 is 4.57 Å². The summed E-state index contributed by atoms with van der Waals surface area (Å²) in [4.78, 5) is 3.75. The summed E-state index contributed by atoms with van der Waals surface area (Å²) in [6.45, 7) is 6.35. The van der Waals surface area contributed by atoms with Crippen molar-refractivity contribution in [2.45, 2.75) is 25.3 Å². The molecule has 0 radical (unpaired) electrons. The zero-order valence-electron chi connectivity index (χ0n) is 21.1. The molecule has 5 aromatic rings. The lowest BCUT2D eigenvalue weighted by molar-refractivity contribution is -0.664. The molecule has 1 aromatic heterocycles. The standard InChI is InChI=1S/C33H29N2S2/c1-3-34-30(36-28-22-20-24-14-10-12-16-26(24)32(28)34)18-8-6-5-7-9-19-31-35(4-2)33-27-17-13-11-15-25(27)21-23-29(33)37-31/h5-23H,3-4H2,1-2H3/q+1. The first-order valence-electron chi connectivity index (χ1n) is 12.8. The molecule has 0 bridgehead atoms. The first-order valence-corrected chi connectivity index (χ1v) is 14.4. The molecule has 37 heavy (non-hydrogen) atoms. The first kappa shape index (κ1) is 23.8. The lowest BCUT2D eigenvalue weighted by Gasteiger charge is -2.19. The molecule has 4 heteroatoms. The van der Waals surface area contributed by atoms with Crippen molar-refractivity contribution in [3.05, 3.63) is 119 Å². The van der Waals surface area contributed by atoms with Gasteiger partial charge in [0.2, 0.25) is 5.52 Å². The number of hydrogen-bond donors (Lipinski definition) is 0. The molecule has 1 aliphatic rings. The second-order valence-corrected chi connectivity index (χ2v) is 11.1. The maximum atomic E-state index is 2.42. The average Bonchev–Trinajstić information content (AvgIpc) is 3.50. The van der Waals surface area contributed by atoms with Crippen molar-refractivity contribution in [1.29, 1.82) is 0 Å². The highest BCUT2D eigenvalue weighted by molar-refractivity contribution is 8.03. The monoisotopic (exact) mass is 517 g/mol. The molecule has 0 atom stereocenters. The smallest absolute Gasteiger partial charge is 0.262 e. The van der Waals surface area contributed by atoms with E-state index in [4.69, 9.17) is 0 Å². The maximum Gasteiger partial charge on any atom is 0.262 e. The van der Waals surface area contributed by atoms with Crippen LogP contribution in [0.15, 0.2) is 119 Å². The molecule has 4 aromatic carbocycles. The average molecular weight is 518 g/mol. The summed E-state index contributed by atoms with van der Waals surface area (Å²) in [5.74, 6) is 0. The fraction of sp³-hybridized carbons (Fsp3) is 0.121. The predicted octanol–water partition coefficient (Wildman–Crippen LogP) is 9.11. The van der Waals surface area contributed by atoms with Crippen LogP contribution in [0.3, 0.4) is 0 Å². The van der Waals surface area contributed by atoms with Crippen LogP contribution in [0, 0.1) is 0 Å². The number of aromatic nitrogens is 1. The largest absolute Gasteiger partial charge is 0.335 e. The molecule has 0 unspecified atom stereocenters. The summed E-state index contributed by atoms with van der Waals surface area (Å²) in [7, 11) is 0. The Balaban J connectivity index is 1.19. The van der Waals surface area contributed by atoms with Gasteiger partial charge in [-0.1, -0.05) is 108 Å². The van der Waals surface area contributed by atoms with Crippen LogP contribution in [0.2, 0.25) is 0 Å². The minimum atomic E-state index is 0.953. The third-order valence-electron chi connectivity index (χ3n) is 6.78. The van der Waals surface area contributed by atoms with Crippen LogP contribution in [-0.2, 0) is 6.54 Å². The van der Waals surface area contributed by atoms with Gasteiger partial charge in [0.25, 0.3) is 5.01 Å². The molecule has 182 valence electrons. The van der Waals surface area contributed by atoms with Gasteiger partial charge in [-0.25, -0.2) is 0 Å². The molecule has 0 spiro atoms. The molecule has 2 heterocycles. The molecular weight excluding hydrogens is 489 g/mol. The van der Waals surface area contributed by atoms with Gasteiger partial charge in [-0.3, -0.25) is 0 Å². The van der Waals surface area contributed by atoms with E-state index >= 15 is 0 Å². The van der Waals surface area contributed by atoms with Gasteiger partial charge in [-0.15, -0.1) is 0 Å². The molecule has 0 saturated heterocycles. The lowest BCUT2D eigenvalue weighted by atomic mass is 10.1. The summed E-state index contributed by atoms with van der Waals surface area (Å²) in [5, 5.41) is 7.78. The number of aryl methyl sites for hydroxylation is 1. The summed E-state index contributed by atoms with van der Waals surface area (Å²) in [6, 6.07) is 26.3. The lowest BCUT2D eigenvalue weighted by Crippen LogP contribution is -2.33. The number of thiazole rings is 1. The minimum absolute atomic E-state index is 0.953. The molecular formula is C33H29N2S2+. The highest BCUT2D eigenvalue weighted by Gasteiger charge is 2.25. The third-order valence-corrected chi connectivity index (χ3v) is 9.01. The van der Waals surface area contributed by atoms with E-state index < -0.39 is 0 Å². The Kier molecular flexibility index (Phi) is 6.69. The van der Waals surface area contributed by atoms with Crippen LogP contribution >= 0.6 is 23.1 Å². The fourth-order valence-corrected chi connectivity index (χ4v) is 7.40. The normalized spacial score (nSPS) is 15.1. The summed E-state index contributed by atoms with van der Waals surface area (Å²) in [6.07, 6.45) is 15.0. The molecule has 0 saturated carbocycles. The number of hydrogen-bond acceptors (Lipinski definition) is 3. The molecule has 1 aliphatic heterocycles. The van der Waals surface area contributed by atoms with E-state index in [1.807, 2.05) is 23.1 Å². The van der Waals surface area contributed by atoms with Gasteiger partial charge >= 0.3 is 0 Å². The molecule has 2 nitrogen and oxygen atoms in total. The fourth-order valence-electron chi connectivity index (χ4n) is 5.09. The van der Waals surface area contributed by atoms with Crippen molar-refractivity contribution in [2.75, 3.05) is 11.4 Å². The Hall–Kier alpha value is -3.60. The number of fused-ring (bicyclic) bond motifs is 6. The van der Waals surface area contributed by atoms with Crippen molar-refractivity contribution in [3.63, 3.8) is 0 Å². The predicted molar refractivity (Wildman–Crippen MR) is 163 cm³/mol. The zero-order chi connectivity index (χ0) is 25.2. The van der Waals surface area contributed by atoms with E-state index in [0.29, 0.717) is 0 Å². The molecule has 6 rings (SSSR count). The van der Waals surface area contributed by atoms with E-state index in [-0.39, 0.29) is 0 Å². The van der Waals surface area contributed by atoms with Crippen LogP contribution in [0.5, 0.6) is 0 Å². The molecule has 0 amide bonds. The van der Waals surface area contributed by atoms with Crippen molar-refractivity contribution >= 4 is 66.6 Å². The first-order chi connectivity index (χ1) is 18.3. The number of rotatable bonds is 6. The highest BCUT2D eigenvalue weighted by Crippen LogP contribution is 2.49. The Morgan fingerprint density at radius 3 is 2.27 bits per heavy atom. The minimum Gasteiger partial charge on any atom is -0.335 e. The number of thioether (sulfide) groups is 1. The van der Waals surface area contributed by atoms with Crippen LogP contribution in [-0.4, -0.2) is 6.54 Å². The molecule has 0 N–H and O–H groups in total. The highest BCUT2D eigenvalue weighted by atomic mass is 32.2. The SMILES string of the molecule is CCN1C(=CC=CC=CC=Cc2sc3ccc4ccccc4c3[n+]2CC)Sc2ccc3ccccc3c21.